The van der Waals surface area contributed by atoms with Gasteiger partial charge in [0, 0.05) is 5.75 Å². The molecular weight excluding hydrogens is 360 g/mol. The van der Waals surface area contributed by atoms with Crippen molar-refractivity contribution in [3.63, 3.8) is 0 Å². The van der Waals surface area contributed by atoms with Crippen LogP contribution in [0.4, 0.5) is 0 Å². The second-order valence-electron chi connectivity index (χ2n) is 4.86. The fourth-order valence-corrected chi connectivity index (χ4v) is 1.65. The van der Waals surface area contributed by atoms with Gasteiger partial charge in [0.1, 0.15) is 18.1 Å². The number of rotatable bonds is 11. The van der Waals surface area contributed by atoms with Gasteiger partial charge in [0.2, 0.25) is 17.7 Å². The molecule has 0 aromatic carbocycles. The first-order valence-electron chi connectivity index (χ1n) is 7.04. The molecule has 0 fully saturated rings. The van der Waals surface area contributed by atoms with Crippen molar-refractivity contribution in [3.05, 3.63) is 0 Å². The summed E-state index contributed by atoms with van der Waals surface area (Å²) in [6.45, 7) is -2.60. The average Bonchev–Trinajstić information content (AvgIpc) is 2.59. The molecule has 0 rings (SSSR count). The van der Waals surface area contributed by atoms with Gasteiger partial charge >= 0.3 is 5.97 Å². The Morgan fingerprint density at radius 2 is 1.16 bits per heavy atom. The van der Waals surface area contributed by atoms with Gasteiger partial charge in [-0.1, -0.05) is 0 Å². The Hall–Kier alpha value is -1.93. The van der Waals surface area contributed by atoms with E-state index in [-0.39, 0.29) is 5.75 Å². The monoisotopic (exact) mass is 382 g/mol. The molecular formula is C12H22N4O8S. The van der Waals surface area contributed by atoms with Crippen LogP contribution < -0.4 is 21.7 Å². The minimum Gasteiger partial charge on any atom is -0.480 e. The quantitative estimate of drug-likeness (QED) is 0.156. The van der Waals surface area contributed by atoms with Crippen LogP contribution >= 0.6 is 12.6 Å². The van der Waals surface area contributed by atoms with E-state index in [1.165, 1.54) is 0 Å². The average molecular weight is 382 g/mol. The molecule has 0 saturated heterocycles. The predicted molar refractivity (Wildman–Crippen MR) is 86.5 cm³/mol. The maximum atomic E-state index is 12.0. The smallest absolute Gasteiger partial charge is 0.328 e. The third-order valence-electron chi connectivity index (χ3n) is 2.96. The normalized spacial score (nSPS) is 15.4. The molecule has 0 aromatic rings. The lowest BCUT2D eigenvalue weighted by atomic mass is 10.2. The highest BCUT2D eigenvalue weighted by Crippen LogP contribution is 1.93. The van der Waals surface area contributed by atoms with Crippen molar-refractivity contribution in [1.29, 1.82) is 0 Å². The van der Waals surface area contributed by atoms with Crippen LogP contribution in [0.15, 0.2) is 0 Å². The van der Waals surface area contributed by atoms with E-state index >= 15 is 0 Å². The molecule has 0 aliphatic rings. The van der Waals surface area contributed by atoms with Gasteiger partial charge in [-0.05, 0) is 0 Å². The molecule has 13 heteroatoms. The van der Waals surface area contributed by atoms with Crippen molar-refractivity contribution in [3.8, 4) is 0 Å². The Morgan fingerprint density at radius 3 is 1.48 bits per heavy atom. The topological polar surface area (TPSA) is 211 Å². The van der Waals surface area contributed by atoms with Gasteiger partial charge in [-0.25, -0.2) is 4.79 Å². The van der Waals surface area contributed by atoms with Gasteiger partial charge in [-0.15, -0.1) is 0 Å². The fourth-order valence-electron chi connectivity index (χ4n) is 1.48. The van der Waals surface area contributed by atoms with Crippen LogP contribution in [-0.2, 0) is 19.2 Å². The zero-order valence-corrected chi connectivity index (χ0v) is 14.0. The van der Waals surface area contributed by atoms with E-state index in [1.54, 1.807) is 0 Å². The first-order chi connectivity index (χ1) is 11.7. The van der Waals surface area contributed by atoms with Crippen molar-refractivity contribution < 1.29 is 39.6 Å². The maximum absolute atomic E-state index is 12.0. The Balaban J connectivity index is 4.86. The van der Waals surface area contributed by atoms with E-state index in [4.69, 9.17) is 21.1 Å². The number of aliphatic carboxylic acids is 1. The zero-order valence-electron chi connectivity index (χ0n) is 13.1. The number of thiol groups is 1. The van der Waals surface area contributed by atoms with Crippen molar-refractivity contribution in [2.45, 2.75) is 24.2 Å². The lowest BCUT2D eigenvalue weighted by Gasteiger charge is -2.22. The Morgan fingerprint density at radius 1 is 0.800 bits per heavy atom. The number of aliphatic hydroxyl groups excluding tert-OH is 3. The highest BCUT2D eigenvalue weighted by molar-refractivity contribution is 7.80. The van der Waals surface area contributed by atoms with Crippen LogP contribution in [-0.4, -0.2) is 93.9 Å². The molecule has 4 unspecified atom stereocenters. The number of carboxylic acids is 1. The number of hydrogen-bond acceptors (Lipinski definition) is 9. The highest BCUT2D eigenvalue weighted by atomic mass is 32.1. The SMILES string of the molecule is NC(CS)C(=O)NC(CO)C(=O)NC(CO)C(=O)NC(CO)C(=O)O. The van der Waals surface area contributed by atoms with E-state index in [0.717, 1.165) is 0 Å². The van der Waals surface area contributed by atoms with Gasteiger partial charge in [-0.3, -0.25) is 14.4 Å². The molecule has 0 aromatic heterocycles. The second kappa shape index (κ2) is 11.6. The van der Waals surface area contributed by atoms with Crippen LogP contribution in [0.3, 0.4) is 0 Å². The standard InChI is InChI=1S/C12H22N4O8S/c13-5(4-25)9(20)14-6(1-17)10(21)15-7(2-18)11(22)16-8(3-19)12(23)24/h5-8,17-19,25H,1-4,13H2,(H,14,20)(H,15,21)(H,16,22)(H,23,24). The van der Waals surface area contributed by atoms with Crippen molar-refractivity contribution in [1.82, 2.24) is 16.0 Å². The van der Waals surface area contributed by atoms with E-state index in [1.807, 2.05) is 10.6 Å². The van der Waals surface area contributed by atoms with Gasteiger partial charge in [0.15, 0.2) is 0 Å². The molecule has 0 aliphatic heterocycles. The molecule has 9 N–H and O–H groups in total. The summed E-state index contributed by atoms with van der Waals surface area (Å²) in [6, 6.07) is -5.66. The molecule has 3 amide bonds. The molecule has 144 valence electrons. The Kier molecular flexibility index (Phi) is 10.7. The minimum absolute atomic E-state index is 0.00892. The third-order valence-corrected chi connectivity index (χ3v) is 3.36. The summed E-state index contributed by atoms with van der Waals surface area (Å²) >= 11 is 3.81. The lowest BCUT2D eigenvalue weighted by Crippen LogP contribution is -2.59. The van der Waals surface area contributed by atoms with Gasteiger partial charge in [0.25, 0.3) is 0 Å². The molecule has 0 radical (unpaired) electrons. The summed E-state index contributed by atoms with van der Waals surface area (Å²) in [5, 5.41) is 42.0. The Bertz CT molecular complexity index is 492. The highest BCUT2D eigenvalue weighted by Gasteiger charge is 2.29. The van der Waals surface area contributed by atoms with E-state index in [0.29, 0.717) is 0 Å². The van der Waals surface area contributed by atoms with Crippen LogP contribution in [0.5, 0.6) is 0 Å². The first-order valence-corrected chi connectivity index (χ1v) is 7.67. The first kappa shape index (κ1) is 23.1. The summed E-state index contributed by atoms with van der Waals surface area (Å²) in [5.74, 6) is -4.37. The summed E-state index contributed by atoms with van der Waals surface area (Å²) in [4.78, 5) is 46.2. The number of aliphatic hydroxyl groups is 3. The van der Waals surface area contributed by atoms with Crippen LogP contribution in [0.2, 0.25) is 0 Å². The summed E-state index contributed by atoms with van der Waals surface area (Å²) in [5.41, 5.74) is 5.41. The number of carboxylic acid groups (broad SMARTS) is 1. The molecule has 0 spiro atoms. The third kappa shape index (κ3) is 7.66. The molecule has 0 bridgehead atoms. The Labute approximate surface area is 148 Å². The fraction of sp³-hybridized carbons (Fsp3) is 0.667. The molecule has 12 nitrogen and oxygen atoms in total. The number of carbonyl (C=O) groups excluding carboxylic acids is 3. The summed E-state index contributed by atoms with van der Waals surface area (Å²) in [6.07, 6.45) is 0. The van der Waals surface area contributed by atoms with Crippen LogP contribution in [0.25, 0.3) is 0 Å². The molecule has 4 atom stereocenters. The van der Waals surface area contributed by atoms with Crippen molar-refractivity contribution in [2.75, 3.05) is 25.6 Å². The summed E-state index contributed by atoms with van der Waals surface area (Å²) < 4.78 is 0. The molecule has 25 heavy (non-hydrogen) atoms. The molecule has 0 aliphatic carbocycles. The summed E-state index contributed by atoms with van der Waals surface area (Å²) in [7, 11) is 0. The van der Waals surface area contributed by atoms with Crippen LogP contribution in [0.1, 0.15) is 0 Å². The van der Waals surface area contributed by atoms with Gasteiger partial charge in [-0.2, -0.15) is 12.6 Å². The number of hydrogen-bond donors (Lipinski definition) is 9. The van der Waals surface area contributed by atoms with E-state index < -0.39 is 67.7 Å². The number of amides is 3. The minimum atomic E-state index is -1.62. The van der Waals surface area contributed by atoms with Crippen molar-refractivity contribution >= 4 is 36.3 Å². The lowest BCUT2D eigenvalue weighted by molar-refractivity contribution is -0.143. The van der Waals surface area contributed by atoms with Gasteiger partial charge in [0.05, 0.1) is 25.9 Å². The number of nitrogens with one attached hydrogen (secondary N) is 3. The largest absolute Gasteiger partial charge is 0.480 e. The van der Waals surface area contributed by atoms with Crippen LogP contribution in [0, 0.1) is 0 Å². The molecule has 0 saturated carbocycles. The van der Waals surface area contributed by atoms with E-state index in [9.17, 15) is 24.3 Å². The van der Waals surface area contributed by atoms with Crippen molar-refractivity contribution in [2.24, 2.45) is 5.73 Å². The van der Waals surface area contributed by atoms with Gasteiger partial charge < -0.3 is 42.1 Å². The zero-order chi connectivity index (χ0) is 19.6. The van der Waals surface area contributed by atoms with E-state index in [2.05, 4.69) is 17.9 Å². The molecule has 0 heterocycles. The maximum Gasteiger partial charge on any atom is 0.328 e. The number of nitrogens with two attached hydrogens (primary N) is 1. The second-order valence-corrected chi connectivity index (χ2v) is 5.22. The number of carbonyl (C=O) groups is 4. The predicted octanol–water partition coefficient (Wildman–Crippen LogP) is -5.24.